The van der Waals surface area contributed by atoms with E-state index in [0.29, 0.717) is 6.04 Å². The number of nitrogens with zero attached hydrogens (tertiary/aromatic N) is 4. The van der Waals surface area contributed by atoms with Gasteiger partial charge in [-0.2, -0.15) is 0 Å². The minimum Gasteiger partial charge on any atom is -0.351 e. The number of hydrogen-bond donors (Lipinski definition) is 1. The number of rotatable bonds is 5. The smallest absolute Gasteiger partial charge is 0.147 e. The Balaban J connectivity index is 2.14. The molecule has 1 atom stereocenters. The van der Waals surface area contributed by atoms with Gasteiger partial charge in [0.2, 0.25) is 0 Å². The third kappa shape index (κ3) is 2.77. The van der Waals surface area contributed by atoms with Gasteiger partial charge in [0, 0.05) is 25.7 Å². The summed E-state index contributed by atoms with van der Waals surface area (Å²) in [6.45, 7) is 5.30. The van der Waals surface area contributed by atoms with Crippen LogP contribution in [0.5, 0.6) is 0 Å². The first-order valence-corrected chi connectivity index (χ1v) is 6.66. The summed E-state index contributed by atoms with van der Waals surface area (Å²) in [5.74, 6) is 1.19. The van der Waals surface area contributed by atoms with Crippen LogP contribution in [0.4, 0.5) is 5.82 Å². The lowest BCUT2D eigenvalue weighted by Gasteiger charge is -2.37. The maximum absolute atomic E-state index is 4.18. The molecule has 1 aromatic rings. The van der Waals surface area contributed by atoms with Crippen molar-refractivity contribution < 1.29 is 0 Å². The Morgan fingerprint density at radius 3 is 3.12 bits per heavy atom. The predicted molar refractivity (Wildman–Crippen MR) is 69.2 cm³/mol. The van der Waals surface area contributed by atoms with Crippen LogP contribution < -0.4 is 10.2 Å². The summed E-state index contributed by atoms with van der Waals surface area (Å²) in [4.78, 5) is 2.47. The largest absolute Gasteiger partial charge is 0.351 e. The molecule has 0 aromatic carbocycles. The van der Waals surface area contributed by atoms with Gasteiger partial charge in [0.1, 0.15) is 5.82 Å². The van der Waals surface area contributed by atoms with Gasteiger partial charge in [0.15, 0.2) is 0 Å². The Morgan fingerprint density at radius 1 is 1.47 bits per heavy atom. The molecular weight excluding hydrogens is 214 g/mol. The number of likely N-dealkylation sites (N-methyl/N-ethyl adjacent to an activating group) is 1. The van der Waals surface area contributed by atoms with Crippen LogP contribution in [0.2, 0.25) is 0 Å². The second-order valence-electron chi connectivity index (χ2n) is 4.72. The lowest BCUT2D eigenvalue weighted by molar-refractivity contribution is 0.432. The predicted octanol–water partition coefficient (Wildman–Crippen LogP) is 1.27. The first-order valence-electron chi connectivity index (χ1n) is 6.66. The van der Waals surface area contributed by atoms with Crippen LogP contribution in [0.1, 0.15) is 32.6 Å². The highest BCUT2D eigenvalue weighted by Gasteiger charge is 2.24. The zero-order valence-electron chi connectivity index (χ0n) is 10.9. The van der Waals surface area contributed by atoms with Gasteiger partial charge in [-0.3, -0.25) is 0 Å². The highest BCUT2D eigenvalue weighted by atomic mass is 15.5. The topological polar surface area (TPSA) is 46.0 Å². The van der Waals surface area contributed by atoms with Crippen LogP contribution in [-0.2, 0) is 6.54 Å². The highest BCUT2D eigenvalue weighted by Crippen LogP contribution is 2.23. The van der Waals surface area contributed by atoms with Crippen molar-refractivity contribution in [3.05, 3.63) is 6.20 Å². The van der Waals surface area contributed by atoms with Crippen LogP contribution in [0.3, 0.4) is 0 Å². The van der Waals surface area contributed by atoms with E-state index in [0.717, 1.165) is 26.1 Å². The molecule has 1 aliphatic heterocycles. The zero-order chi connectivity index (χ0) is 12.1. The summed E-state index contributed by atoms with van der Waals surface area (Å²) in [6.07, 6.45) is 6.87. The molecule has 0 aliphatic carbocycles. The van der Waals surface area contributed by atoms with Crippen LogP contribution in [0.15, 0.2) is 6.20 Å². The molecule has 0 saturated carbocycles. The molecule has 17 heavy (non-hydrogen) atoms. The van der Waals surface area contributed by atoms with Crippen LogP contribution in [0.25, 0.3) is 0 Å². The van der Waals surface area contributed by atoms with Crippen LogP contribution >= 0.6 is 0 Å². The first-order chi connectivity index (χ1) is 8.36. The molecule has 1 aromatic heterocycles. The third-order valence-corrected chi connectivity index (χ3v) is 3.39. The molecule has 2 heterocycles. The molecule has 1 aliphatic rings. The summed E-state index contributed by atoms with van der Waals surface area (Å²) in [7, 11) is 2.02. The second-order valence-corrected chi connectivity index (χ2v) is 4.72. The molecule has 1 saturated heterocycles. The fourth-order valence-corrected chi connectivity index (χ4v) is 2.60. The fourth-order valence-electron chi connectivity index (χ4n) is 2.60. The maximum Gasteiger partial charge on any atom is 0.147 e. The monoisotopic (exact) mass is 237 g/mol. The number of hydrogen-bond acceptors (Lipinski definition) is 4. The average Bonchev–Trinajstić information content (AvgIpc) is 2.79. The van der Waals surface area contributed by atoms with Gasteiger partial charge < -0.3 is 10.2 Å². The van der Waals surface area contributed by atoms with E-state index in [2.05, 4.69) is 27.5 Å². The Kier molecular flexibility index (Phi) is 4.36. The first kappa shape index (κ1) is 12.4. The average molecular weight is 237 g/mol. The summed E-state index contributed by atoms with van der Waals surface area (Å²) in [6, 6.07) is 0.586. The molecule has 0 radical (unpaired) electrons. The van der Waals surface area contributed by atoms with E-state index in [-0.39, 0.29) is 0 Å². The normalized spacial score (nSPS) is 20.8. The summed E-state index contributed by atoms with van der Waals surface area (Å²) < 4.78 is 2.04. The molecule has 5 heteroatoms. The minimum atomic E-state index is 0.586. The summed E-state index contributed by atoms with van der Waals surface area (Å²) in [5, 5.41) is 11.5. The SMILES string of the molecule is CCCn1nncc1N1CCCCC1CNC. The van der Waals surface area contributed by atoms with E-state index in [1.54, 1.807) is 0 Å². The van der Waals surface area contributed by atoms with E-state index in [9.17, 15) is 0 Å². The van der Waals surface area contributed by atoms with Gasteiger partial charge in [0.05, 0.1) is 6.20 Å². The number of anilines is 1. The Morgan fingerprint density at radius 2 is 2.35 bits per heavy atom. The lowest BCUT2D eigenvalue weighted by Crippen LogP contribution is -2.45. The van der Waals surface area contributed by atoms with Gasteiger partial charge in [-0.15, -0.1) is 5.10 Å². The molecule has 0 bridgehead atoms. The van der Waals surface area contributed by atoms with Gasteiger partial charge in [-0.25, -0.2) is 4.68 Å². The third-order valence-electron chi connectivity index (χ3n) is 3.39. The molecule has 5 nitrogen and oxygen atoms in total. The van der Waals surface area contributed by atoms with Crippen molar-refractivity contribution >= 4 is 5.82 Å². The van der Waals surface area contributed by atoms with Crippen molar-refractivity contribution in [2.75, 3.05) is 25.0 Å². The molecule has 0 amide bonds. The van der Waals surface area contributed by atoms with E-state index >= 15 is 0 Å². The molecule has 1 unspecified atom stereocenters. The van der Waals surface area contributed by atoms with Crippen molar-refractivity contribution in [2.45, 2.75) is 45.2 Å². The zero-order valence-corrected chi connectivity index (χ0v) is 10.9. The molecular formula is C12H23N5. The van der Waals surface area contributed by atoms with Gasteiger partial charge in [0.25, 0.3) is 0 Å². The molecule has 96 valence electrons. The van der Waals surface area contributed by atoms with Crippen molar-refractivity contribution in [3.63, 3.8) is 0 Å². The number of aromatic nitrogens is 3. The standard InChI is InChI=1S/C12H23N5/c1-3-7-17-12(10-14-15-17)16-8-5-4-6-11(16)9-13-2/h10-11,13H,3-9H2,1-2H3. The summed E-state index contributed by atoms with van der Waals surface area (Å²) in [5.41, 5.74) is 0. The van der Waals surface area contributed by atoms with E-state index < -0.39 is 0 Å². The molecule has 2 rings (SSSR count). The molecule has 1 N–H and O–H groups in total. The Hall–Kier alpha value is -1.10. The quantitative estimate of drug-likeness (QED) is 0.837. The Bertz CT molecular complexity index is 333. The lowest BCUT2D eigenvalue weighted by atomic mass is 10.0. The number of aryl methyl sites for hydroxylation is 1. The number of piperidine rings is 1. The maximum atomic E-state index is 4.18. The van der Waals surface area contributed by atoms with Gasteiger partial charge >= 0.3 is 0 Å². The van der Waals surface area contributed by atoms with Crippen LogP contribution in [-0.4, -0.2) is 41.2 Å². The van der Waals surface area contributed by atoms with E-state index in [1.165, 1.54) is 25.1 Å². The van der Waals surface area contributed by atoms with Crippen molar-refractivity contribution in [2.24, 2.45) is 0 Å². The minimum absolute atomic E-state index is 0.586. The van der Waals surface area contributed by atoms with E-state index in [4.69, 9.17) is 0 Å². The van der Waals surface area contributed by atoms with Gasteiger partial charge in [-0.05, 0) is 32.7 Å². The fraction of sp³-hybridized carbons (Fsp3) is 0.833. The van der Waals surface area contributed by atoms with Crippen molar-refractivity contribution in [1.82, 2.24) is 20.3 Å². The highest BCUT2D eigenvalue weighted by molar-refractivity contribution is 5.38. The second kappa shape index (κ2) is 6.00. The molecule has 1 fully saturated rings. The Labute approximate surface area is 103 Å². The summed E-state index contributed by atoms with van der Waals surface area (Å²) >= 11 is 0. The van der Waals surface area contributed by atoms with Gasteiger partial charge in [-0.1, -0.05) is 12.1 Å². The van der Waals surface area contributed by atoms with E-state index in [1.807, 2.05) is 17.9 Å². The molecule has 0 spiro atoms. The number of nitrogens with one attached hydrogen (secondary N) is 1. The van der Waals surface area contributed by atoms with Crippen LogP contribution in [0, 0.1) is 0 Å². The van der Waals surface area contributed by atoms with Crippen molar-refractivity contribution in [3.8, 4) is 0 Å². The van der Waals surface area contributed by atoms with Crippen molar-refractivity contribution in [1.29, 1.82) is 0 Å².